The zero-order chi connectivity index (χ0) is 20.1. The van der Waals surface area contributed by atoms with Crippen LogP contribution in [-0.4, -0.2) is 60.1 Å². The Morgan fingerprint density at radius 3 is 2.67 bits per heavy atom. The molecule has 1 unspecified atom stereocenters. The number of aliphatic hydroxyl groups is 1. The van der Waals surface area contributed by atoms with E-state index in [1.54, 1.807) is 0 Å². The lowest BCUT2D eigenvalue weighted by Crippen LogP contribution is -2.56. The average Bonchev–Trinajstić information content (AvgIpc) is 3.11. The van der Waals surface area contributed by atoms with Gasteiger partial charge in [-0.25, -0.2) is 0 Å². The van der Waals surface area contributed by atoms with Crippen LogP contribution >= 0.6 is 12.4 Å². The summed E-state index contributed by atoms with van der Waals surface area (Å²) in [5.74, 6) is 0.757. The molecule has 4 fully saturated rings. The molecule has 0 aromatic rings. The van der Waals surface area contributed by atoms with Crippen LogP contribution in [0.5, 0.6) is 0 Å². The van der Waals surface area contributed by atoms with Crippen molar-refractivity contribution in [2.45, 2.75) is 56.3 Å². The summed E-state index contributed by atoms with van der Waals surface area (Å²) in [5.41, 5.74) is 0. The lowest BCUT2D eigenvalue weighted by molar-refractivity contribution is -0.134. The molecule has 2 saturated carbocycles. The summed E-state index contributed by atoms with van der Waals surface area (Å²) in [5, 5.41) is 22.6. The first kappa shape index (κ1) is 21.6. The minimum absolute atomic E-state index is 0. The molecule has 8 atom stereocenters. The summed E-state index contributed by atoms with van der Waals surface area (Å²) in [6.45, 7) is 1.42. The second-order valence-corrected chi connectivity index (χ2v) is 9.43. The number of rotatable bonds is 7. The van der Waals surface area contributed by atoms with Crippen LogP contribution in [-0.2, 0) is 14.4 Å². The molecule has 3 aliphatic carbocycles. The second-order valence-electron chi connectivity index (χ2n) is 9.43. The maximum absolute atomic E-state index is 13.2. The second kappa shape index (κ2) is 8.48. The van der Waals surface area contributed by atoms with Gasteiger partial charge in [-0.3, -0.25) is 14.4 Å². The van der Waals surface area contributed by atoms with E-state index in [4.69, 9.17) is 0 Å². The molecular formula is C21H31ClN4O4. The summed E-state index contributed by atoms with van der Waals surface area (Å²) >= 11 is 0. The third kappa shape index (κ3) is 3.97. The van der Waals surface area contributed by atoms with Gasteiger partial charge in [0.25, 0.3) is 5.91 Å². The van der Waals surface area contributed by atoms with Gasteiger partial charge in [-0.2, -0.15) is 0 Å². The van der Waals surface area contributed by atoms with Gasteiger partial charge in [-0.05, 0) is 62.3 Å². The molecule has 0 radical (unpaired) electrons. The summed E-state index contributed by atoms with van der Waals surface area (Å²) in [6.07, 6.45) is 7.05. The van der Waals surface area contributed by atoms with Crippen molar-refractivity contribution in [1.29, 1.82) is 0 Å². The molecule has 2 bridgehead atoms. The van der Waals surface area contributed by atoms with Crippen molar-refractivity contribution < 1.29 is 19.5 Å². The normalized spacial score (nSPS) is 37.8. The minimum atomic E-state index is -1.36. The molecular weight excluding hydrogens is 408 g/mol. The van der Waals surface area contributed by atoms with Crippen LogP contribution in [0.4, 0.5) is 0 Å². The largest absolute Gasteiger partial charge is 0.381 e. The minimum Gasteiger partial charge on any atom is -0.381 e. The SMILES string of the molecule is Cl.O=C(NC1CC1)C(O)[C@H](C[C@@H]1CCNC1=O)NC(=O)[C@H]1NC[C@H]2[C@@H]1[C@H]1C=C[C@@H]2C1. The fraction of sp³-hybridized carbons (Fsp3) is 0.762. The van der Waals surface area contributed by atoms with Crippen molar-refractivity contribution in [2.75, 3.05) is 13.1 Å². The molecule has 0 aromatic heterocycles. The molecule has 2 saturated heterocycles. The van der Waals surface area contributed by atoms with Crippen LogP contribution < -0.4 is 21.3 Å². The van der Waals surface area contributed by atoms with Gasteiger partial charge < -0.3 is 26.4 Å². The summed E-state index contributed by atoms with van der Waals surface area (Å²) in [4.78, 5) is 37.6. The lowest BCUT2D eigenvalue weighted by atomic mass is 9.81. The van der Waals surface area contributed by atoms with E-state index in [0.29, 0.717) is 30.7 Å². The van der Waals surface area contributed by atoms with E-state index >= 15 is 0 Å². The van der Waals surface area contributed by atoms with Crippen LogP contribution in [0.1, 0.15) is 32.1 Å². The molecule has 30 heavy (non-hydrogen) atoms. The third-order valence-corrected chi connectivity index (χ3v) is 7.53. The van der Waals surface area contributed by atoms with Gasteiger partial charge in [0.05, 0.1) is 12.1 Å². The highest BCUT2D eigenvalue weighted by molar-refractivity contribution is 5.87. The van der Waals surface area contributed by atoms with E-state index in [9.17, 15) is 19.5 Å². The number of carbonyl (C=O) groups excluding carboxylic acids is 3. The maximum atomic E-state index is 13.2. The number of fused-ring (bicyclic) bond motifs is 5. The van der Waals surface area contributed by atoms with Crippen molar-refractivity contribution >= 4 is 30.1 Å². The predicted molar refractivity (Wildman–Crippen MR) is 112 cm³/mol. The summed E-state index contributed by atoms with van der Waals surface area (Å²) < 4.78 is 0. The van der Waals surface area contributed by atoms with Crippen molar-refractivity contribution in [2.24, 2.45) is 29.6 Å². The Balaban J connectivity index is 0.00000218. The Bertz CT molecular complexity index is 743. The number of halogens is 1. The summed E-state index contributed by atoms with van der Waals surface area (Å²) in [6, 6.07) is -0.954. The van der Waals surface area contributed by atoms with Crippen molar-refractivity contribution in [3.63, 3.8) is 0 Å². The van der Waals surface area contributed by atoms with Crippen molar-refractivity contribution in [3.8, 4) is 0 Å². The Hall–Kier alpha value is -1.64. The number of carbonyl (C=O) groups is 3. The fourth-order valence-electron chi connectivity index (χ4n) is 5.82. The maximum Gasteiger partial charge on any atom is 0.251 e. The molecule has 166 valence electrons. The Labute approximate surface area is 182 Å². The fourth-order valence-corrected chi connectivity index (χ4v) is 5.82. The number of allylic oxidation sites excluding steroid dienone is 2. The average molecular weight is 439 g/mol. The van der Waals surface area contributed by atoms with Gasteiger partial charge in [0.15, 0.2) is 6.10 Å². The standard InChI is InChI=1S/C21H30N4O4.ClH/c26-18(21(29)24-13-3-4-13)15(8-12-5-6-22-19(12)27)25-20(28)17-16-11-2-1-10(7-11)14(16)9-23-17;/h1-2,10-18,23,26H,3-9H2,(H,22,27)(H,24,29)(H,25,28);1H/t10-,11+,12+,14-,15+,16+,17+,18?;/m1./s1. The molecule has 9 heteroatoms. The zero-order valence-electron chi connectivity index (χ0n) is 16.9. The number of hydrogen-bond acceptors (Lipinski definition) is 5. The monoisotopic (exact) mass is 438 g/mol. The first-order valence-corrected chi connectivity index (χ1v) is 11.0. The highest BCUT2D eigenvalue weighted by atomic mass is 35.5. The molecule has 5 aliphatic rings. The van der Waals surface area contributed by atoms with E-state index in [-0.39, 0.29) is 54.6 Å². The Kier molecular flexibility index (Phi) is 6.10. The predicted octanol–water partition coefficient (Wildman–Crippen LogP) is -0.531. The first-order chi connectivity index (χ1) is 14.0. The number of aliphatic hydroxyl groups excluding tert-OH is 1. The zero-order valence-corrected chi connectivity index (χ0v) is 17.7. The van der Waals surface area contributed by atoms with Crippen LogP contribution in [0, 0.1) is 29.6 Å². The van der Waals surface area contributed by atoms with Crippen molar-refractivity contribution in [3.05, 3.63) is 12.2 Å². The van der Waals surface area contributed by atoms with E-state index in [0.717, 1.165) is 25.8 Å². The molecule has 0 spiro atoms. The first-order valence-electron chi connectivity index (χ1n) is 11.0. The molecule has 5 N–H and O–H groups in total. The van der Waals surface area contributed by atoms with Gasteiger partial charge in [-0.15, -0.1) is 12.4 Å². The highest BCUT2D eigenvalue weighted by Gasteiger charge is 2.53. The van der Waals surface area contributed by atoms with Gasteiger partial charge in [0, 0.05) is 18.5 Å². The molecule has 5 rings (SSSR count). The molecule has 2 heterocycles. The van der Waals surface area contributed by atoms with Crippen LogP contribution in [0.2, 0.25) is 0 Å². The van der Waals surface area contributed by atoms with E-state index in [2.05, 4.69) is 33.4 Å². The number of hydrogen-bond donors (Lipinski definition) is 5. The van der Waals surface area contributed by atoms with Crippen LogP contribution in [0.25, 0.3) is 0 Å². The summed E-state index contributed by atoms with van der Waals surface area (Å²) in [7, 11) is 0. The van der Waals surface area contributed by atoms with Gasteiger partial charge in [-0.1, -0.05) is 12.2 Å². The third-order valence-electron chi connectivity index (χ3n) is 7.53. The Morgan fingerprint density at radius 1 is 1.20 bits per heavy atom. The quantitative estimate of drug-likeness (QED) is 0.342. The topological polar surface area (TPSA) is 120 Å². The molecule has 3 amide bonds. The van der Waals surface area contributed by atoms with E-state index in [1.807, 2.05) is 0 Å². The van der Waals surface area contributed by atoms with Crippen LogP contribution in [0.15, 0.2) is 12.2 Å². The van der Waals surface area contributed by atoms with Gasteiger partial charge in [0.2, 0.25) is 11.8 Å². The molecule has 2 aliphatic heterocycles. The smallest absolute Gasteiger partial charge is 0.251 e. The van der Waals surface area contributed by atoms with Gasteiger partial charge in [0.1, 0.15) is 0 Å². The highest BCUT2D eigenvalue weighted by Crippen LogP contribution is 2.51. The number of nitrogens with one attached hydrogen (secondary N) is 4. The van der Waals surface area contributed by atoms with Crippen molar-refractivity contribution in [1.82, 2.24) is 21.3 Å². The van der Waals surface area contributed by atoms with Gasteiger partial charge >= 0.3 is 0 Å². The van der Waals surface area contributed by atoms with Crippen LogP contribution in [0.3, 0.4) is 0 Å². The molecule has 8 nitrogen and oxygen atoms in total. The Morgan fingerprint density at radius 2 is 1.97 bits per heavy atom. The lowest BCUT2D eigenvalue weighted by Gasteiger charge is -2.29. The number of amides is 3. The van der Waals surface area contributed by atoms with E-state index < -0.39 is 18.1 Å². The van der Waals surface area contributed by atoms with E-state index in [1.165, 1.54) is 0 Å². The molecule has 0 aromatic carbocycles.